The van der Waals surface area contributed by atoms with Crippen LogP contribution in [0.3, 0.4) is 0 Å². The third-order valence-electron chi connectivity index (χ3n) is 6.63. The second kappa shape index (κ2) is 9.20. The van der Waals surface area contributed by atoms with Crippen LogP contribution in [0.25, 0.3) is 11.8 Å². The molecule has 0 spiro atoms. The van der Waals surface area contributed by atoms with Crippen LogP contribution in [-0.4, -0.2) is 14.6 Å². The Morgan fingerprint density at radius 1 is 1.11 bits per heavy atom. The summed E-state index contributed by atoms with van der Waals surface area (Å²) in [6.45, 7) is 0. The number of nitrogens with zero attached hydrogens (tertiary/aromatic N) is 3. The van der Waals surface area contributed by atoms with Crippen molar-refractivity contribution in [2.24, 2.45) is 4.99 Å². The molecule has 0 amide bonds. The molecule has 4 aromatic rings. The van der Waals surface area contributed by atoms with Crippen molar-refractivity contribution in [3.63, 3.8) is 0 Å². The van der Waals surface area contributed by atoms with Crippen molar-refractivity contribution in [1.29, 1.82) is 0 Å². The van der Waals surface area contributed by atoms with Crippen molar-refractivity contribution >= 4 is 60.7 Å². The Bertz CT molecular complexity index is 1820. The van der Waals surface area contributed by atoms with Gasteiger partial charge in [-0.3, -0.25) is 19.5 Å². The van der Waals surface area contributed by atoms with Crippen LogP contribution in [0.4, 0.5) is 5.69 Å². The lowest BCUT2D eigenvalue weighted by Gasteiger charge is -2.30. The zero-order valence-electron chi connectivity index (χ0n) is 19.0. The van der Waals surface area contributed by atoms with Gasteiger partial charge in [-0.05, 0) is 63.7 Å². The molecule has 0 saturated heterocycles. The van der Waals surface area contributed by atoms with Gasteiger partial charge in [0.2, 0.25) is 0 Å². The Labute approximate surface area is 231 Å². The number of phenolic OH excluding ortho intramolecular Hbond substituents is 1. The van der Waals surface area contributed by atoms with Gasteiger partial charge in [-0.1, -0.05) is 63.7 Å². The quantitative estimate of drug-likeness (QED) is 0.238. The summed E-state index contributed by atoms with van der Waals surface area (Å²) in [5.41, 5.74) is 4.98. The number of phenols is 1. The molecule has 0 saturated carbocycles. The Hall–Kier alpha value is -3.34. The topological polar surface area (TPSA) is 97.7 Å². The average Bonchev–Trinajstić information content (AvgIpc) is 3.20. The van der Waals surface area contributed by atoms with Crippen molar-refractivity contribution in [2.45, 2.75) is 18.9 Å². The molecule has 184 valence electrons. The first-order chi connectivity index (χ1) is 17.8. The van der Waals surface area contributed by atoms with E-state index in [1.807, 2.05) is 36.4 Å². The van der Waals surface area contributed by atoms with Gasteiger partial charge < -0.3 is 5.11 Å². The molecule has 0 radical (unpaired) electrons. The number of nitro groups is 1. The van der Waals surface area contributed by atoms with E-state index in [-0.39, 0.29) is 33.1 Å². The molecule has 7 nitrogen and oxygen atoms in total. The molecule has 1 aromatic heterocycles. The first-order valence-corrected chi connectivity index (χ1v) is 13.8. The molecule has 1 aliphatic heterocycles. The maximum absolute atomic E-state index is 13.8. The largest absolute Gasteiger partial charge is 0.506 e. The van der Waals surface area contributed by atoms with Crippen LogP contribution in [0, 0.1) is 10.1 Å². The number of aryl methyl sites for hydroxylation is 1. The molecule has 3 aromatic carbocycles. The van der Waals surface area contributed by atoms with Gasteiger partial charge in [-0.25, -0.2) is 4.99 Å². The maximum Gasteiger partial charge on any atom is 0.271 e. The Kier molecular flexibility index (Phi) is 5.97. The standard InChI is InChI=1S/C27H17Br2N3O4S/c28-17-8-5-15(6-9-17)24-20-10-7-14-3-1-2-4-19(14)23(20)30-27-31(24)26(34)22(37-27)12-16-11-18(32(35)36)13-21(29)25(16)33/h1-6,8-9,11-13,24,33H,7,10H2/b22-12-/t24-/m1/s1. The van der Waals surface area contributed by atoms with Gasteiger partial charge in [-0.15, -0.1) is 0 Å². The highest BCUT2D eigenvalue weighted by atomic mass is 79.9. The number of thiazole rings is 1. The van der Waals surface area contributed by atoms with Crippen LogP contribution in [0.5, 0.6) is 5.75 Å². The van der Waals surface area contributed by atoms with Crippen LogP contribution < -0.4 is 14.9 Å². The molecule has 2 aliphatic rings. The molecule has 2 heterocycles. The third kappa shape index (κ3) is 4.09. The van der Waals surface area contributed by atoms with Gasteiger partial charge in [0.05, 0.1) is 25.7 Å². The number of aromatic hydroxyl groups is 1. The lowest BCUT2D eigenvalue weighted by Crippen LogP contribution is -2.38. The fraction of sp³-hybridized carbons (Fsp3) is 0.111. The highest BCUT2D eigenvalue weighted by Crippen LogP contribution is 2.41. The zero-order valence-corrected chi connectivity index (χ0v) is 23.0. The lowest BCUT2D eigenvalue weighted by molar-refractivity contribution is -0.385. The number of rotatable bonds is 3. The summed E-state index contributed by atoms with van der Waals surface area (Å²) < 4.78 is 3.16. The molecule has 0 fully saturated rings. The van der Waals surface area contributed by atoms with E-state index in [2.05, 4.69) is 44.0 Å². The number of allylic oxidation sites excluding steroid dienone is 1. The Morgan fingerprint density at radius 2 is 1.86 bits per heavy atom. The van der Waals surface area contributed by atoms with E-state index >= 15 is 0 Å². The van der Waals surface area contributed by atoms with E-state index in [9.17, 15) is 20.0 Å². The molecule has 1 atom stereocenters. The van der Waals surface area contributed by atoms with E-state index in [1.54, 1.807) is 4.57 Å². The van der Waals surface area contributed by atoms with Gasteiger partial charge in [0.15, 0.2) is 4.80 Å². The summed E-state index contributed by atoms with van der Waals surface area (Å²) in [5, 5.41) is 21.9. The zero-order chi connectivity index (χ0) is 25.8. The number of nitro benzene ring substituents is 1. The van der Waals surface area contributed by atoms with Crippen LogP contribution in [-0.2, 0) is 6.42 Å². The number of halogens is 2. The van der Waals surface area contributed by atoms with E-state index < -0.39 is 4.92 Å². The molecule has 1 N–H and O–H groups in total. The predicted molar refractivity (Wildman–Crippen MR) is 149 cm³/mol. The first-order valence-electron chi connectivity index (χ1n) is 11.4. The van der Waals surface area contributed by atoms with Crippen molar-refractivity contribution in [2.75, 3.05) is 0 Å². The summed E-state index contributed by atoms with van der Waals surface area (Å²) in [6, 6.07) is 18.3. The van der Waals surface area contributed by atoms with E-state index in [4.69, 9.17) is 4.99 Å². The SMILES string of the molecule is O=c1/c(=C/c2cc([N+](=O)[O-])cc(Br)c2O)sc2n1[C@H](c1ccc(Br)cc1)C1=C(N=2)c2ccccc2CC1. The van der Waals surface area contributed by atoms with E-state index in [0.717, 1.165) is 39.7 Å². The van der Waals surface area contributed by atoms with Crippen molar-refractivity contribution in [3.05, 3.63) is 127 Å². The average molecular weight is 639 g/mol. The highest BCUT2D eigenvalue weighted by molar-refractivity contribution is 9.10. The van der Waals surface area contributed by atoms with Crippen molar-refractivity contribution in [3.8, 4) is 5.75 Å². The fourth-order valence-corrected chi connectivity index (χ4v) is 6.65. The van der Waals surface area contributed by atoms with Gasteiger partial charge in [-0.2, -0.15) is 0 Å². The molecule has 6 rings (SSSR count). The molecule has 37 heavy (non-hydrogen) atoms. The second-order valence-corrected chi connectivity index (χ2v) is 11.6. The third-order valence-corrected chi connectivity index (χ3v) is 8.75. The van der Waals surface area contributed by atoms with Crippen LogP contribution >= 0.6 is 43.2 Å². The highest BCUT2D eigenvalue weighted by Gasteiger charge is 2.32. The molecule has 1 aliphatic carbocycles. The summed E-state index contributed by atoms with van der Waals surface area (Å²) in [6.07, 6.45) is 3.13. The molecular formula is C27H17Br2N3O4S. The Morgan fingerprint density at radius 3 is 2.62 bits per heavy atom. The number of hydrogen-bond donors (Lipinski definition) is 1. The van der Waals surface area contributed by atoms with Crippen LogP contribution in [0.1, 0.15) is 34.7 Å². The molecule has 0 unspecified atom stereocenters. The monoisotopic (exact) mass is 637 g/mol. The Balaban J connectivity index is 1.62. The minimum atomic E-state index is -0.540. The minimum absolute atomic E-state index is 0.172. The number of non-ortho nitro benzene ring substituents is 1. The van der Waals surface area contributed by atoms with Crippen LogP contribution in [0.15, 0.2) is 85.0 Å². The first kappa shape index (κ1) is 24.0. The smallest absolute Gasteiger partial charge is 0.271 e. The number of aromatic nitrogens is 1. The second-order valence-electron chi connectivity index (χ2n) is 8.79. The van der Waals surface area contributed by atoms with Gasteiger partial charge in [0, 0.05) is 27.7 Å². The number of fused-ring (bicyclic) bond motifs is 3. The van der Waals surface area contributed by atoms with Crippen molar-refractivity contribution < 1.29 is 10.0 Å². The fourth-order valence-electron chi connectivity index (χ4n) is 4.93. The summed E-state index contributed by atoms with van der Waals surface area (Å²) in [7, 11) is 0. The van der Waals surface area contributed by atoms with E-state index in [0.29, 0.717) is 9.33 Å². The normalized spacial score (nSPS) is 16.6. The maximum atomic E-state index is 13.8. The number of hydrogen-bond acceptors (Lipinski definition) is 6. The summed E-state index contributed by atoms with van der Waals surface area (Å²) >= 11 is 7.88. The summed E-state index contributed by atoms with van der Waals surface area (Å²) in [5.74, 6) is -0.172. The van der Waals surface area contributed by atoms with E-state index in [1.165, 1.54) is 35.1 Å². The number of benzene rings is 3. The van der Waals surface area contributed by atoms with Crippen molar-refractivity contribution in [1.82, 2.24) is 4.57 Å². The molecule has 0 bridgehead atoms. The van der Waals surface area contributed by atoms with Gasteiger partial charge in [0.1, 0.15) is 5.75 Å². The van der Waals surface area contributed by atoms with Gasteiger partial charge >= 0.3 is 0 Å². The predicted octanol–water partition coefficient (Wildman–Crippen LogP) is 5.46. The lowest BCUT2D eigenvalue weighted by atomic mass is 9.83. The minimum Gasteiger partial charge on any atom is -0.506 e. The molecular weight excluding hydrogens is 622 g/mol. The van der Waals surface area contributed by atoms with Gasteiger partial charge in [0.25, 0.3) is 11.2 Å². The molecule has 10 heteroatoms. The van der Waals surface area contributed by atoms with Crippen LogP contribution in [0.2, 0.25) is 0 Å². The summed E-state index contributed by atoms with van der Waals surface area (Å²) in [4.78, 5) is 30.2.